The molecule has 0 spiro atoms. The summed E-state index contributed by atoms with van der Waals surface area (Å²) in [6.45, 7) is 0.760. The number of carboxylic acids is 1. The molecule has 1 saturated heterocycles. The lowest BCUT2D eigenvalue weighted by molar-refractivity contribution is -0.131. The molecule has 1 heterocycles. The van der Waals surface area contributed by atoms with Crippen LogP contribution in [0.5, 0.6) is 0 Å². The van der Waals surface area contributed by atoms with Crippen LogP contribution in [0.2, 0.25) is 0 Å². The molecule has 1 aliphatic rings. The molecule has 0 aromatic rings. The molecule has 1 rings (SSSR count). The topological polar surface area (TPSA) is 66.8 Å². The summed E-state index contributed by atoms with van der Waals surface area (Å²) in [5, 5.41) is 18.8. The lowest BCUT2D eigenvalue weighted by Gasteiger charge is -2.23. The number of aliphatic carboxylic acids is 1. The van der Waals surface area contributed by atoms with E-state index in [1.807, 2.05) is 12.2 Å². The first-order valence-corrected chi connectivity index (χ1v) is 9.22. The average Bonchev–Trinajstić information content (AvgIpc) is 2.60. The summed E-state index contributed by atoms with van der Waals surface area (Å²) in [6.07, 6.45) is 20.5. The number of aliphatic hydroxyl groups excluding tert-OH is 1. The number of carbonyl (C=O) groups is 1. The summed E-state index contributed by atoms with van der Waals surface area (Å²) in [7, 11) is 0. The smallest absolute Gasteiger partial charge is 0.328 e. The van der Waals surface area contributed by atoms with Crippen LogP contribution >= 0.6 is 0 Å². The van der Waals surface area contributed by atoms with Crippen LogP contribution in [0, 0.1) is 0 Å². The zero-order valence-electron chi connectivity index (χ0n) is 14.6. The Labute approximate surface area is 145 Å². The Balaban J connectivity index is 2.25. The number of ether oxygens (including phenoxy) is 1. The van der Waals surface area contributed by atoms with Crippen molar-refractivity contribution in [3.63, 3.8) is 0 Å². The van der Waals surface area contributed by atoms with Gasteiger partial charge in [0.05, 0.1) is 12.2 Å². The predicted octanol–water partition coefficient (Wildman–Crippen LogP) is 4.40. The van der Waals surface area contributed by atoms with Gasteiger partial charge >= 0.3 is 5.97 Å². The van der Waals surface area contributed by atoms with Gasteiger partial charge in [-0.15, -0.1) is 0 Å². The average molecular weight is 336 g/mol. The van der Waals surface area contributed by atoms with Crippen molar-refractivity contribution in [2.45, 2.75) is 76.4 Å². The highest BCUT2D eigenvalue weighted by molar-refractivity contribution is 5.80. The van der Waals surface area contributed by atoms with Crippen LogP contribution in [0.1, 0.15) is 64.2 Å². The van der Waals surface area contributed by atoms with Crippen molar-refractivity contribution in [2.24, 2.45) is 0 Å². The van der Waals surface area contributed by atoms with E-state index in [1.54, 1.807) is 6.08 Å². The largest absolute Gasteiger partial charge is 0.478 e. The first-order chi connectivity index (χ1) is 11.7. The molecule has 2 atom stereocenters. The third kappa shape index (κ3) is 11.2. The van der Waals surface area contributed by atoms with E-state index in [-0.39, 0.29) is 12.2 Å². The third-order valence-electron chi connectivity index (χ3n) is 4.22. The Kier molecular flexibility index (Phi) is 12.0. The molecular formula is C20H32O4. The van der Waals surface area contributed by atoms with Gasteiger partial charge in [0.2, 0.25) is 0 Å². The van der Waals surface area contributed by atoms with E-state index in [4.69, 9.17) is 9.84 Å². The SMILES string of the molecule is O=C(O)C=CC=CC=CCCCC1OCCCCCCCCC1O. The molecule has 0 radical (unpaired) electrons. The molecule has 4 heteroatoms. The zero-order valence-corrected chi connectivity index (χ0v) is 14.6. The first-order valence-electron chi connectivity index (χ1n) is 9.22. The maximum absolute atomic E-state index is 10.3. The highest BCUT2D eigenvalue weighted by Crippen LogP contribution is 2.18. The van der Waals surface area contributed by atoms with E-state index >= 15 is 0 Å². The number of hydrogen-bond donors (Lipinski definition) is 2. The maximum Gasteiger partial charge on any atom is 0.328 e. The van der Waals surface area contributed by atoms with Gasteiger partial charge in [-0.05, 0) is 32.1 Å². The summed E-state index contributed by atoms with van der Waals surface area (Å²) in [4.78, 5) is 10.3. The van der Waals surface area contributed by atoms with Gasteiger partial charge in [0.1, 0.15) is 0 Å². The van der Waals surface area contributed by atoms with Crippen molar-refractivity contribution in [3.8, 4) is 0 Å². The minimum Gasteiger partial charge on any atom is -0.478 e. The molecule has 1 aliphatic heterocycles. The van der Waals surface area contributed by atoms with Gasteiger partial charge in [0.15, 0.2) is 0 Å². The van der Waals surface area contributed by atoms with Crippen molar-refractivity contribution in [1.29, 1.82) is 0 Å². The molecule has 0 aromatic carbocycles. The summed E-state index contributed by atoms with van der Waals surface area (Å²) in [6, 6.07) is 0. The van der Waals surface area contributed by atoms with Gasteiger partial charge in [-0.2, -0.15) is 0 Å². The van der Waals surface area contributed by atoms with Crippen LogP contribution in [-0.2, 0) is 9.53 Å². The summed E-state index contributed by atoms with van der Waals surface area (Å²) in [5.74, 6) is -0.941. The lowest BCUT2D eigenvalue weighted by Crippen LogP contribution is -2.29. The second-order valence-corrected chi connectivity index (χ2v) is 6.33. The van der Waals surface area contributed by atoms with Gasteiger partial charge in [0, 0.05) is 12.7 Å². The van der Waals surface area contributed by atoms with E-state index in [1.165, 1.54) is 31.8 Å². The molecule has 0 aromatic heterocycles. The van der Waals surface area contributed by atoms with Crippen LogP contribution in [0.25, 0.3) is 0 Å². The van der Waals surface area contributed by atoms with Gasteiger partial charge < -0.3 is 14.9 Å². The molecule has 0 amide bonds. The van der Waals surface area contributed by atoms with Crippen molar-refractivity contribution in [3.05, 3.63) is 36.5 Å². The van der Waals surface area contributed by atoms with E-state index in [0.29, 0.717) is 0 Å². The van der Waals surface area contributed by atoms with E-state index in [9.17, 15) is 9.90 Å². The molecule has 4 nitrogen and oxygen atoms in total. The van der Waals surface area contributed by atoms with Gasteiger partial charge in [-0.1, -0.05) is 62.5 Å². The second-order valence-electron chi connectivity index (χ2n) is 6.33. The Hall–Kier alpha value is -1.39. The Bertz CT molecular complexity index is 412. The molecule has 2 unspecified atom stereocenters. The number of carboxylic acid groups (broad SMARTS) is 1. The summed E-state index contributed by atoms with van der Waals surface area (Å²) in [5.41, 5.74) is 0. The molecule has 24 heavy (non-hydrogen) atoms. The normalized spacial score (nSPS) is 24.5. The standard InChI is InChI=1S/C20H32O4/c21-18-14-10-6-4-5-9-13-17-24-19(18)15-11-7-2-1-3-8-12-16-20(22)23/h1-3,8,12,16,18-19,21H,4-7,9-11,13-15,17H2,(H,22,23). The van der Waals surface area contributed by atoms with Crippen LogP contribution in [0.3, 0.4) is 0 Å². The highest BCUT2D eigenvalue weighted by Gasteiger charge is 2.19. The monoisotopic (exact) mass is 336 g/mol. The fraction of sp³-hybridized carbons (Fsp3) is 0.650. The Morgan fingerprint density at radius 3 is 2.50 bits per heavy atom. The zero-order chi connectivity index (χ0) is 17.5. The molecule has 0 saturated carbocycles. The van der Waals surface area contributed by atoms with Crippen LogP contribution in [0.15, 0.2) is 36.5 Å². The van der Waals surface area contributed by atoms with E-state index in [2.05, 4.69) is 6.08 Å². The minimum atomic E-state index is -0.941. The van der Waals surface area contributed by atoms with Gasteiger partial charge in [-0.25, -0.2) is 4.79 Å². The van der Waals surface area contributed by atoms with E-state index < -0.39 is 5.97 Å². The maximum atomic E-state index is 10.3. The Morgan fingerprint density at radius 1 is 1.00 bits per heavy atom. The number of unbranched alkanes of at least 4 members (excludes halogenated alkanes) is 1. The van der Waals surface area contributed by atoms with Crippen LogP contribution < -0.4 is 0 Å². The quantitative estimate of drug-likeness (QED) is 0.411. The number of rotatable bonds is 7. The fourth-order valence-electron chi connectivity index (χ4n) is 2.85. The van der Waals surface area contributed by atoms with E-state index in [0.717, 1.165) is 51.2 Å². The van der Waals surface area contributed by atoms with Crippen molar-refractivity contribution < 1.29 is 19.7 Å². The van der Waals surface area contributed by atoms with Crippen LogP contribution in [0.4, 0.5) is 0 Å². The number of hydrogen-bond acceptors (Lipinski definition) is 3. The molecule has 1 fully saturated rings. The predicted molar refractivity (Wildman–Crippen MR) is 97.0 cm³/mol. The van der Waals surface area contributed by atoms with Crippen LogP contribution in [-0.4, -0.2) is 35.0 Å². The molecule has 0 aliphatic carbocycles. The number of allylic oxidation sites excluding steroid dienone is 5. The summed E-state index contributed by atoms with van der Waals surface area (Å²) < 4.78 is 5.92. The minimum absolute atomic E-state index is 0.0365. The van der Waals surface area contributed by atoms with Gasteiger partial charge in [0.25, 0.3) is 0 Å². The van der Waals surface area contributed by atoms with Crippen molar-refractivity contribution in [1.82, 2.24) is 0 Å². The fourth-order valence-corrected chi connectivity index (χ4v) is 2.85. The van der Waals surface area contributed by atoms with Gasteiger partial charge in [-0.3, -0.25) is 0 Å². The Morgan fingerprint density at radius 2 is 1.71 bits per heavy atom. The molecule has 2 N–H and O–H groups in total. The lowest BCUT2D eigenvalue weighted by atomic mass is 10.0. The molecular weight excluding hydrogens is 304 g/mol. The highest BCUT2D eigenvalue weighted by atomic mass is 16.5. The molecule has 0 bridgehead atoms. The second kappa shape index (κ2) is 14.0. The molecule has 136 valence electrons. The first kappa shape index (κ1) is 20.7. The third-order valence-corrected chi connectivity index (χ3v) is 4.22. The number of aliphatic hydroxyl groups is 1. The van der Waals surface area contributed by atoms with Crippen molar-refractivity contribution in [2.75, 3.05) is 6.61 Å². The van der Waals surface area contributed by atoms with Crippen molar-refractivity contribution >= 4 is 5.97 Å². The summed E-state index contributed by atoms with van der Waals surface area (Å²) >= 11 is 0.